The van der Waals surface area contributed by atoms with Crippen molar-refractivity contribution in [1.29, 1.82) is 0 Å². The Hall–Kier alpha value is -9.59. The van der Waals surface area contributed by atoms with Crippen LogP contribution in [0, 0.1) is 13.8 Å². The molecule has 0 bridgehead atoms. The lowest BCUT2D eigenvalue weighted by molar-refractivity contribution is 1.05. The van der Waals surface area contributed by atoms with Crippen LogP contribution >= 0.6 is 0 Å². The van der Waals surface area contributed by atoms with Crippen molar-refractivity contribution in [1.82, 2.24) is 34.9 Å². The lowest BCUT2D eigenvalue weighted by atomic mass is 9.90. The molecule has 13 rings (SSSR count). The van der Waals surface area contributed by atoms with E-state index in [1.807, 2.05) is 54.9 Å². The summed E-state index contributed by atoms with van der Waals surface area (Å²) in [4.78, 5) is 36.3. The molecule has 7 heteroatoms. The fourth-order valence-corrected chi connectivity index (χ4v) is 10.1. The highest BCUT2D eigenvalue weighted by Gasteiger charge is 2.20. The van der Waals surface area contributed by atoms with E-state index in [2.05, 4.69) is 184 Å². The lowest BCUT2D eigenvalue weighted by Gasteiger charge is -2.16. The standard InChI is InChI=1S/C65H43N7/c1-40-16-15-33-66-61(40)62-41(2)34-48(39-67-62)45-35-46(56-38-44-19-5-8-24-51(44)52-25-9-10-26-53(52)56)37-47(36-45)63-70-64(59-31-13-29-57(68-59)54-27-11-20-42-17-3-6-22-49(42)54)72-65(71-63)60-32-14-30-58(69-60)55-28-12-21-43-18-4-7-23-50(43)55/h3-39H,1-2H3. The largest absolute Gasteiger partial charge is 0.254 e. The fraction of sp³-hybridized carbons (Fsp3) is 0.0308. The predicted octanol–water partition coefficient (Wildman–Crippen LogP) is 16.0. The summed E-state index contributed by atoms with van der Waals surface area (Å²) >= 11 is 0. The van der Waals surface area contributed by atoms with Gasteiger partial charge in [0.25, 0.3) is 0 Å². The average molecular weight is 922 g/mol. The average Bonchev–Trinajstić information content (AvgIpc) is 3.44. The number of hydrogen-bond acceptors (Lipinski definition) is 7. The number of aryl methyl sites for hydroxylation is 2. The molecule has 0 saturated carbocycles. The van der Waals surface area contributed by atoms with Gasteiger partial charge < -0.3 is 0 Å². The maximum atomic E-state index is 5.34. The topological polar surface area (TPSA) is 90.2 Å². The zero-order valence-electron chi connectivity index (χ0n) is 39.5. The number of hydrogen-bond donors (Lipinski definition) is 0. The van der Waals surface area contributed by atoms with E-state index >= 15 is 0 Å². The van der Waals surface area contributed by atoms with E-state index in [0.717, 1.165) is 105 Å². The first-order chi connectivity index (χ1) is 35.5. The Morgan fingerprint density at radius 3 is 1.42 bits per heavy atom. The van der Waals surface area contributed by atoms with Crippen LogP contribution in [0.1, 0.15) is 11.1 Å². The second-order valence-corrected chi connectivity index (χ2v) is 18.2. The molecule has 0 N–H and O–H groups in total. The quantitative estimate of drug-likeness (QED) is 0.140. The van der Waals surface area contributed by atoms with Crippen molar-refractivity contribution in [3.05, 3.63) is 236 Å². The third-order valence-electron chi connectivity index (χ3n) is 13.6. The Balaban J connectivity index is 1.04. The molecule has 7 nitrogen and oxygen atoms in total. The Morgan fingerprint density at radius 1 is 0.278 bits per heavy atom. The highest BCUT2D eigenvalue weighted by Crippen LogP contribution is 2.40. The summed E-state index contributed by atoms with van der Waals surface area (Å²) < 4.78 is 0. The van der Waals surface area contributed by atoms with Crippen LogP contribution in [0.2, 0.25) is 0 Å². The van der Waals surface area contributed by atoms with Gasteiger partial charge >= 0.3 is 0 Å². The van der Waals surface area contributed by atoms with Gasteiger partial charge in [0.1, 0.15) is 11.4 Å². The van der Waals surface area contributed by atoms with E-state index in [1.54, 1.807) is 0 Å². The van der Waals surface area contributed by atoms with Crippen molar-refractivity contribution < 1.29 is 0 Å². The molecular weight excluding hydrogens is 879 g/mol. The number of aromatic nitrogens is 7. The van der Waals surface area contributed by atoms with Crippen LogP contribution in [-0.4, -0.2) is 34.9 Å². The minimum atomic E-state index is 0.435. The third kappa shape index (κ3) is 7.70. The van der Waals surface area contributed by atoms with E-state index in [1.165, 1.54) is 10.8 Å². The Morgan fingerprint density at radius 2 is 0.778 bits per heavy atom. The monoisotopic (exact) mass is 921 g/mol. The molecule has 13 aromatic rings. The van der Waals surface area contributed by atoms with Crippen LogP contribution < -0.4 is 0 Å². The molecule has 5 heterocycles. The molecule has 8 aromatic carbocycles. The zero-order valence-corrected chi connectivity index (χ0v) is 39.5. The Bertz CT molecular complexity index is 4120. The van der Waals surface area contributed by atoms with Crippen molar-refractivity contribution in [3.8, 4) is 90.6 Å². The van der Waals surface area contributed by atoms with Gasteiger partial charge in [-0.05, 0) is 145 Å². The molecule has 0 unspecified atom stereocenters. The van der Waals surface area contributed by atoms with Crippen molar-refractivity contribution in [3.63, 3.8) is 0 Å². The normalized spacial score (nSPS) is 11.5. The van der Waals surface area contributed by atoms with Gasteiger partial charge in [0.15, 0.2) is 17.5 Å². The molecule has 0 aliphatic heterocycles. The summed E-state index contributed by atoms with van der Waals surface area (Å²) in [5, 5.41) is 9.22. The van der Waals surface area contributed by atoms with Crippen LogP contribution in [0.3, 0.4) is 0 Å². The first-order valence-corrected chi connectivity index (χ1v) is 24.1. The minimum absolute atomic E-state index is 0.435. The van der Waals surface area contributed by atoms with Crippen LogP contribution in [0.5, 0.6) is 0 Å². The van der Waals surface area contributed by atoms with Gasteiger partial charge in [-0.25, -0.2) is 24.9 Å². The van der Waals surface area contributed by atoms with Crippen molar-refractivity contribution >= 4 is 43.1 Å². The van der Waals surface area contributed by atoms with E-state index in [4.69, 9.17) is 34.9 Å². The van der Waals surface area contributed by atoms with Gasteiger partial charge in [0.05, 0.1) is 22.8 Å². The Labute approximate surface area is 416 Å². The smallest absolute Gasteiger partial charge is 0.182 e. The molecule has 0 saturated heterocycles. The summed E-state index contributed by atoms with van der Waals surface area (Å²) in [6.45, 7) is 4.17. The summed E-state index contributed by atoms with van der Waals surface area (Å²) in [6.07, 6.45) is 3.77. The summed E-state index contributed by atoms with van der Waals surface area (Å²) in [7, 11) is 0. The third-order valence-corrected chi connectivity index (χ3v) is 13.6. The van der Waals surface area contributed by atoms with Crippen molar-refractivity contribution in [2.75, 3.05) is 0 Å². The van der Waals surface area contributed by atoms with Gasteiger partial charge in [-0.15, -0.1) is 0 Å². The van der Waals surface area contributed by atoms with Gasteiger partial charge in [0, 0.05) is 34.6 Å². The Kier molecular flexibility index (Phi) is 10.5. The molecule has 72 heavy (non-hydrogen) atoms. The first-order valence-electron chi connectivity index (χ1n) is 24.1. The second-order valence-electron chi connectivity index (χ2n) is 18.2. The summed E-state index contributed by atoms with van der Waals surface area (Å²) in [5.74, 6) is 1.36. The van der Waals surface area contributed by atoms with Gasteiger partial charge in [0.2, 0.25) is 0 Å². The highest BCUT2D eigenvalue weighted by atomic mass is 15.1. The SMILES string of the molecule is Cc1cccnc1-c1ncc(-c2cc(-c3nc(-c4cccc(-c5cccc6ccccc56)n4)nc(-c4cccc(-c5cccc6ccccc56)n4)n3)cc(-c3cc4ccccc4c4ccccc34)c2)cc1C. The number of nitrogens with zero attached hydrogens (tertiary/aromatic N) is 7. The highest BCUT2D eigenvalue weighted by molar-refractivity contribution is 6.14. The second kappa shape index (κ2) is 17.7. The van der Waals surface area contributed by atoms with Gasteiger partial charge in [-0.3, -0.25) is 9.97 Å². The molecule has 0 aliphatic rings. The van der Waals surface area contributed by atoms with E-state index < -0.39 is 0 Å². The number of benzene rings is 8. The van der Waals surface area contributed by atoms with Gasteiger partial charge in [-0.1, -0.05) is 152 Å². The van der Waals surface area contributed by atoms with E-state index in [-0.39, 0.29) is 0 Å². The zero-order chi connectivity index (χ0) is 48.1. The van der Waals surface area contributed by atoms with Crippen molar-refractivity contribution in [2.24, 2.45) is 0 Å². The van der Waals surface area contributed by atoms with Gasteiger partial charge in [-0.2, -0.15) is 0 Å². The number of pyridine rings is 4. The summed E-state index contributed by atoms with van der Waals surface area (Å²) in [5.41, 5.74) is 13.6. The molecule has 0 atom stereocenters. The fourth-order valence-electron chi connectivity index (χ4n) is 10.1. The molecule has 5 aromatic heterocycles. The molecule has 338 valence electrons. The van der Waals surface area contributed by atoms with Crippen LogP contribution in [-0.2, 0) is 0 Å². The number of rotatable bonds is 8. The maximum Gasteiger partial charge on any atom is 0.182 e. The molecule has 0 aliphatic carbocycles. The molecular formula is C65H43N7. The molecule has 0 fully saturated rings. The molecule has 0 amide bonds. The summed E-state index contributed by atoms with van der Waals surface area (Å²) in [6, 6.07) is 73.9. The number of fused-ring (bicyclic) bond motifs is 5. The minimum Gasteiger partial charge on any atom is -0.254 e. The van der Waals surface area contributed by atoms with Crippen molar-refractivity contribution in [2.45, 2.75) is 13.8 Å². The first kappa shape index (κ1) is 42.5. The van der Waals surface area contributed by atoms with E-state index in [0.29, 0.717) is 28.9 Å². The molecule has 0 radical (unpaired) electrons. The maximum absolute atomic E-state index is 5.34. The van der Waals surface area contributed by atoms with Crippen LogP contribution in [0.15, 0.2) is 225 Å². The lowest BCUT2D eigenvalue weighted by Crippen LogP contribution is -2.03. The van der Waals surface area contributed by atoms with Crippen LogP contribution in [0.25, 0.3) is 134 Å². The predicted molar refractivity (Wildman–Crippen MR) is 294 cm³/mol. The van der Waals surface area contributed by atoms with E-state index in [9.17, 15) is 0 Å². The van der Waals surface area contributed by atoms with Crippen LogP contribution in [0.4, 0.5) is 0 Å². The molecule has 0 spiro atoms.